The number of carbonyl (C=O) groups is 1. The second-order valence-corrected chi connectivity index (χ2v) is 5.78. The maximum atomic E-state index is 12.0. The molecule has 3 rings (SSSR count). The van der Waals surface area contributed by atoms with E-state index in [-0.39, 0.29) is 19.1 Å². The molecule has 0 bridgehead atoms. The normalized spacial score (nSPS) is 12.5. The Bertz CT molecular complexity index is 647. The molecule has 0 aliphatic carbocycles. The molecule has 1 aliphatic heterocycles. The first-order valence-electron chi connectivity index (χ1n) is 6.24. The number of ether oxygens (including phenoxy) is 2. The van der Waals surface area contributed by atoms with Crippen LogP contribution in [0.1, 0.15) is 16.1 Å². The van der Waals surface area contributed by atoms with Gasteiger partial charge in [-0.05, 0) is 31.5 Å². The first-order chi connectivity index (χ1) is 9.61. The highest BCUT2D eigenvalue weighted by Crippen LogP contribution is 2.32. The Kier molecular flexibility index (Phi) is 3.31. The minimum atomic E-state index is -0.0855. The molecule has 6 heteroatoms. The summed E-state index contributed by atoms with van der Waals surface area (Å²) in [7, 11) is 0. The maximum absolute atomic E-state index is 12.0. The Labute approximate surface area is 120 Å². The summed E-state index contributed by atoms with van der Waals surface area (Å²) in [6.07, 6.45) is 0.286. The zero-order valence-electron chi connectivity index (χ0n) is 11.2. The molecule has 2 aromatic rings. The highest BCUT2D eigenvalue weighted by atomic mass is 32.1. The van der Waals surface area contributed by atoms with Crippen molar-refractivity contribution in [3.63, 3.8) is 0 Å². The molecule has 0 saturated heterocycles. The van der Waals surface area contributed by atoms with Crippen molar-refractivity contribution in [1.29, 1.82) is 0 Å². The van der Waals surface area contributed by atoms with Gasteiger partial charge in [-0.2, -0.15) is 0 Å². The summed E-state index contributed by atoms with van der Waals surface area (Å²) in [4.78, 5) is 17.4. The topological polar surface area (TPSA) is 60.5 Å². The van der Waals surface area contributed by atoms with E-state index in [4.69, 9.17) is 9.47 Å². The van der Waals surface area contributed by atoms with Crippen molar-refractivity contribution in [2.24, 2.45) is 0 Å². The van der Waals surface area contributed by atoms with Gasteiger partial charge in [0, 0.05) is 4.88 Å². The number of hydrogen-bond donors (Lipinski definition) is 1. The number of fused-ring (bicyclic) bond motifs is 1. The fraction of sp³-hybridized carbons (Fsp3) is 0.286. The monoisotopic (exact) mass is 290 g/mol. The van der Waals surface area contributed by atoms with Crippen LogP contribution >= 0.6 is 11.3 Å². The van der Waals surface area contributed by atoms with Crippen molar-refractivity contribution in [2.45, 2.75) is 20.3 Å². The molecular weight excluding hydrogens is 276 g/mol. The van der Waals surface area contributed by atoms with Crippen LogP contribution in [0.2, 0.25) is 0 Å². The van der Waals surface area contributed by atoms with E-state index in [0.29, 0.717) is 10.9 Å². The summed E-state index contributed by atoms with van der Waals surface area (Å²) >= 11 is 1.49. The molecule has 0 radical (unpaired) electrons. The van der Waals surface area contributed by atoms with Crippen LogP contribution in [0.3, 0.4) is 0 Å². The van der Waals surface area contributed by atoms with Crippen molar-refractivity contribution in [3.8, 4) is 11.5 Å². The van der Waals surface area contributed by atoms with Gasteiger partial charge in [0.05, 0.1) is 12.1 Å². The number of rotatable bonds is 3. The zero-order chi connectivity index (χ0) is 14.1. The molecule has 20 heavy (non-hydrogen) atoms. The predicted octanol–water partition coefficient (Wildman–Crippen LogP) is 2.67. The van der Waals surface area contributed by atoms with Crippen molar-refractivity contribution in [3.05, 3.63) is 34.3 Å². The molecule has 1 amide bonds. The fourth-order valence-electron chi connectivity index (χ4n) is 1.93. The van der Waals surface area contributed by atoms with E-state index in [1.165, 1.54) is 11.3 Å². The number of amides is 1. The third-order valence-electron chi connectivity index (χ3n) is 3.08. The lowest BCUT2D eigenvalue weighted by Gasteiger charge is -2.03. The molecule has 0 fully saturated rings. The second kappa shape index (κ2) is 5.13. The lowest BCUT2D eigenvalue weighted by Crippen LogP contribution is -2.14. The Morgan fingerprint density at radius 3 is 2.90 bits per heavy atom. The van der Waals surface area contributed by atoms with E-state index in [9.17, 15) is 4.79 Å². The summed E-state index contributed by atoms with van der Waals surface area (Å²) < 4.78 is 10.5. The van der Waals surface area contributed by atoms with Crippen LogP contribution in [0, 0.1) is 13.8 Å². The average molecular weight is 290 g/mol. The van der Waals surface area contributed by atoms with Crippen LogP contribution in [0.25, 0.3) is 0 Å². The van der Waals surface area contributed by atoms with Gasteiger partial charge in [0.2, 0.25) is 12.7 Å². The van der Waals surface area contributed by atoms with Gasteiger partial charge in [-0.15, -0.1) is 11.3 Å². The second-order valence-electron chi connectivity index (χ2n) is 4.57. The summed E-state index contributed by atoms with van der Waals surface area (Å²) in [6.45, 7) is 4.16. The summed E-state index contributed by atoms with van der Waals surface area (Å²) in [6, 6.07) is 5.52. The quantitative estimate of drug-likeness (QED) is 0.944. The first-order valence-corrected chi connectivity index (χ1v) is 7.06. The SMILES string of the molecule is Cc1nc(NC(=O)Cc2ccc3c(c2)OCO3)sc1C. The van der Waals surface area contributed by atoms with Gasteiger partial charge >= 0.3 is 0 Å². The maximum Gasteiger partial charge on any atom is 0.231 e. The molecule has 104 valence electrons. The van der Waals surface area contributed by atoms with Crippen molar-refractivity contribution in [1.82, 2.24) is 4.98 Å². The van der Waals surface area contributed by atoms with Crippen LogP contribution in [-0.4, -0.2) is 17.7 Å². The van der Waals surface area contributed by atoms with Crippen molar-refractivity contribution in [2.75, 3.05) is 12.1 Å². The Hall–Kier alpha value is -2.08. The molecule has 0 saturated carbocycles. The minimum absolute atomic E-state index is 0.0855. The van der Waals surface area contributed by atoms with Crippen molar-refractivity contribution >= 4 is 22.4 Å². The van der Waals surface area contributed by atoms with Crippen LogP contribution in [-0.2, 0) is 11.2 Å². The van der Waals surface area contributed by atoms with Gasteiger partial charge < -0.3 is 14.8 Å². The molecule has 1 aliphatic rings. The Morgan fingerprint density at radius 2 is 2.15 bits per heavy atom. The van der Waals surface area contributed by atoms with Gasteiger partial charge in [-0.25, -0.2) is 4.98 Å². The smallest absolute Gasteiger partial charge is 0.231 e. The zero-order valence-corrected chi connectivity index (χ0v) is 12.0. The lowest BCUT2D eigenvalue weighted by molar-refractivity contribution is -0.115. The van der Waals surface area contributed by atoms with Crippen LogP contribution < -0.4 is 14.8 Å². The summed E-state index contributed by atoms with van der Waals surface area (Å²) in [5.74, 6) is 1.33. The highest BCUT2D eigenvalue weighted by molar-refractivity contribution is 7.15. The molecule has 5 nitrogen and oxygen atoms in total. The number of hydrogen-bond acceptors (Lipinski definition) is 5. The number of aromatic nitrogens is 1. The highest BCUT2D eigenvalue weighted by Gasteiger charge is 2.15. The van der Waals surface area contributed by atoms with Gasteiger partial charge in [0.15, 0.2) is 16.6 Å². The summed E-state index contributed by atoms with van der Waals surface area (Å²) in [5, 5.41) is 3.46. The fourth-order valence-corrected chi connectivity index (χ4v) is 2.76. The van der Waals surface area contributed by atoms with Crippen LogP contribution in [0.4, 0.5) is 5.13 Å². The number of benzene rings is 1. The number of thiazole rings is 1. The van der Waals surface area contributed by atoms with Crippen molar-refractivity contribution < 1.29 is 14.3 Å². The third kappa shape index (κ3) is 2.60. The van der Waals surface area contributed by atoms with Crippen LogP contribution in [0.5, 0.6) is 11.5 Å². The standard InChI is InChI=1S/C14H14N2O3S/c1-8-9(2)20-14(15-8)16-13(17)6-10-3-4-11-12(5-10)19-7-18-11/h3-5H,6-7H2,1-2H3,(H,15,16,17). The van der Waals surface area contributed by atoms with Gasteiger partial charge in [-0.1, -0.05) is 6.07 Å². The van der Waals surface area contributed by atoms with E-state index in [2.05, 4.69) is 10.3 Å². The van der Waals surface area contributed by atoms with Gasteiger partial charge in [0.25, 0.3) is 0 Å². The number of aryl methyl sites for hydroxylation is 2. The molecule has 2 heterocycles. The Balaban J connectivity index is 1.67. The minimum Gasteiger partial charge on any atom is -0.454 e. The predicted molar refractivity (Wildman–Crippen MR) is 76.5 cm³/mol. The molecule has 1 aromatic heterocycles. The number of nitrogens with zero attached hydrogens (tertiary/aromatic N) is 1. The van der Waals surface area contributed by atoms with E-state index < -0.39 is 0 Å². The van der Waals surface area contributed by atoms with E-state index >= 15 is 0 Å². The molecule has 0 unspecified atom stereocenters. The van der Waals surface area contributed by atoms with Gasteiger partial charge in [0.1, 0.15) is 0 Å². The molecule has 0 spiro atoms. The number of anilines is 1. The largest absolute Gasteiger partial charge is 0.454 e. The number of nitrogens with one attached hydrogen (secondary N) is 1. The Morgan fingerprint density at radius 1 is 1.35 bits per heavy atom. The molecule has 1 N–H and O–H groups in total. The molecule has 1 aromatic carbocycles. The average Bonchev–Trinajstić information content (AvgIpc) is 2.96. The lowest BCUT2D eigenvalue weighted by atomic mass is 10.1. The van der Waals surface area contributed by atoms with E-state index in [1.54, 1.807) is 0 Å². The van der Waals surface area contributed by atoms with E-state index in [0.717, 1.165) is 21.9 Å². The summed E-state index contributed by atoms with van der Waals surface area (Å²) in [5.41, 5.74) is 1.84. The molecular formula is C14H14N2O3S. The van der Waals surface area contributed by atoms with Gasteiger partial charge in [-0.3, -0.25) is 4.79 Å². The third-order valence-corrected chi connectivity index (χ3v) is 4.06. The van der Waals surface area contributed by atoms with Crippen LogP contribution in [0.15, 0.2) is 18.2 Å². The first kappa shape index (κ1) is 12.9. The number of carbonyl (C=O) groups excluding carboxylic acids is 1. The molecule has 0 atom stereocenters. The van der Waals surface area contributed by atoms with E-state index in [1.807, 2.05) is 32.0 Å².